The maximum atomic E-state index is 10.8. The quantitative estimate of drug-likeness (QED) is 0.337. The molecule has 1 atom stereocenters. The summed E-state index contributed by atoms with van der Waals surface area (Å²) < 4.78 is 10.8. The van der Waals surface area contributed by atoms with Gasteiger partial charge < -0.3 is 11.6 Å². The number of hydrogen-bond acceptors (Lipinski definition) is 2. The van der Waals surface area contributed by atoms with Gasteiger partial charge >= 0.3 is 24.8 Å². The Balaban J connectivity index is -0.000000125. The van der Waals surface area contributed by atoms with Gasteiger partial charge in [-0.3, -0.25) is 0 Å². The summed E-state index contributed by atoms with van der Waals surface area (Å²) in [5.74, 6) is -1.85. The number of aliphatic hydroxyl groups is 1. The first-order chi connectivity index (χ1) is 2.64. The van der Waals surface area contributed by atoms with Gasteiger partial charge in [-0.05, 0) is 0 Å². The Bertz CT molecular complexity index is 68.3. The minimum absolute atomic E-state index is 0. The van der Waals surface area contributed by atoms with E-state index in [9.17, 15) is 4.39 Å². The van der Waals surface area contributed by atoms with Crippen LogP contribution in [0.4, 0.5) is 4.39 Å². The number of hydrogen-bond donors (Lipinski definition) is 2. The van der Waals surface area contributed by atoms with Gasteiger partial charge in [0.05, 0.1) is 0 Å². The predicted octanol–water partition coefficient (Wildman–Crippen LogP) is -3.52. The van der Waals surface area contributed by atoms with E-state index in [0.717, 1.165) is 0 Å². The van der Waals surface area contributed by atoms with Gasteiger partial charge in [-0.15, -0.1) is 0 Å². The summed E-state index contributed by atoms with van der Waals surface area (Å²) >= 11 is 0. The van der Waals surface area contributed by atoms with Gasteiger partial charge in [-0.1, -0.05) is 0 Å². The number of aliphatic carboxylic acids is 1. The largest absolute Gasteiger partial charge is 1.00 e. The zero-order valence-electron chi connectivity index (χ0n) is 4.76. The van der Waals surface area contributed by atoms with Crippen molar-refractivity contribution in [2.75, 3.05) is 0 Å². The summed E-state index contributed by atoms with van der Waals surface area (Å²) in [4.78, 5) is 9.07. The van der Waals surface area contributed by atoms with Gasteiger partial charge in [-0.2, -0.15) is 0 Å². The Hall–Kier alpha value is -0.0426. The van der Waals surface area contributed by atoms with Crippen LogP contribution in [0, 0.1) is 0 Å². The van der Waals surface area contributed by atoms with Gasteiger partial charge in [0.25, 0.3) is 6.36 Å². The van der Waals surface area contributed by atoms with E-state index in [4.69, 9.17) is 15.0 Å². The molecule has 3 nitrogen and oxygen atoms in total. The molecule has 38 valence electrons. The molecule has 0 amide bonds. The maximum Gasteiger partial charge on any atom is 1.00 e. The summed E-state index contributed by atoms with van der Waals surface area (Å²) in [5, 5.41) is 14.7. The average Bonchev–Trinajstić information content (AvgIpc) is 1.36. The normalized spacial score (nSPS) is 11.7. The van der Waals surface area contributed by atoms with Crippen LogP contribution in [0.15, 0.2) is 0 Å². The van der Waals surface area contributed by atoms with E-state index in [1.54, 1.807) is 0 Å². The zero-order valence-corrected chi connectivity index (χ0v) is 3.76. The third-order valence-electron chi connectivity index (χ3n) is 0.204. The molecule has 0 bridgehead atoms. The Morgan fingerprint density at radius 1 is 1.86 bits per heavy atom. The molecule has 5 heteroatoms. The molecule has 0 aromatic carbocycles. The summed E-state index contributed by atoms with van der Waals surface area (Å²) in [5.41, 5.74) is 0. The third-order valence-corrected chi connectivity index (χ3v) is 0.204. The summed E-state index contributed by atoms with van der Waals surface area (Å²) in [6.45, 7) is 0. The fourth-order valence-electron chi connectivity index (χ4n) is 0. The van der Waals surface area contributed by atoms with Crippen LogP contribution in [0.25, 0.3) is 0 Å². The van der Waals surface area contributed by atoms with Crippen LogP contribution in [-0.2, 0) is 4.79 Å². The first-order valence-electron chi connectivity index (χ1n) is 1.19. The monoisotopic (exact) mass is 102 g/mol. The van der Waals surface area contributed by atoms with Crippen molar-refractivity contribution < 1.29 is 39.7 Å². The summed E-state index contributed by atoms with van der Waals surface area (Å²) in [6, 6.07) is 0. The molecule has 0 aromatic rings. The molecule has 0 saturated heterocycles. The van der Waals surface area contributed by atoms with Crippen LogP contribution in [0.1, 0.15) is 1.43 Å². The van der Waals surface area contributed by atoms with Gasteiger partial charge in [0, 0.05) is 0 Å². The Labute approximate surface area is 52.8 Å². The summed E-state index contributed by atoms with van der Waals surface area (Å²) in [7, 11) is 0. The Kier molecular flexibility index (Phi) is 5.92. The second-order valence-corrected chi connectivity index (χ2v) is 0.674. The molecule has 0 saturated carbocycles. The van der Waals surface area contributed by atoms with Crippen LogP contribution in [0.2, 0.25) is 0 Å². The van der Waals surface area contributed by atoms with Gasteiger partial charge in [0.1, 0.15) is 0 Å². The number of aliphatic hydroxyl groups excluding tert-OH is 1. The van der Waals surface area contributed by atoms with E-state index < -0.39 is 12.3 Å². The average molecular weight is 102 g/mol. The van der Waals surface area contributed by atoms with Crippen molar-refractivity contribution in [1.29, 1.82) is 0 Å². The fraction of sp³-hybridized carbons (Fsp3) is 0.500. The molecular weight excluding hydrogens is 98.0 g/mol. The van der Waals surface area contributed by atoms with Gasteiger partial charge in [-0.25, -0.2) is 9.18 Å². The van der Waals surface area contributed by atoms with E-state index in [2.05, 4.69) is 0 Å². The van der Waals surface area contributed by atoms with Crippen molar-refractivity contribution in [3.63, 3.8) is 0 Å². The zero-order chi connectivity index (χ0) is 5.15. The molecule has 7 heavy (non-hydrogen) atoms. The van der Waals surface area contributed by atoms with E-state index in [1.165, 1.54) is 0 Å². The number of carbonyl (C=O) groups is 1. The van der Waals surface area contributed by atoms with Crippen molar-refractivity contribution in [3.05, 3.63) is 0 Å². The van der Waals surface area contributed by atoms with Crippen LogP contribution in [-0.4, -0.2) is 22.5 Å². The van der Waals surface area contributed by atoms with Gasteiger partial charge in [0.2, 0.25) is 0 Å². The number of rotatable bonds is 1. The second-order valence-electron chi connectivity index (χ2n) is 0.674. The van der Waals surface area contributed by atoms with Crippen LogP contribution >= 0.6 is 0 Å². The number of carboxylic acid groups (broad SMARTS) is 1. The molecule has 0 aliphatic heterocycles. The third kappa shape index (κ3) is 5.96. The van der Waals surface area contributed by atoms with Crippen molar-refractivity contribution in [3.8, 4) is 0 Å². The minimum atomic E-state index is -2.73. The van der Waals surface area contributed by atoms with Gasteiger partial charge in [0.15, 0.2) is 0 Å². The number of carboxylic acids is 1. The molecule has 0 rings (SSSR count). The predicted molar refractivity (Wildman–Crippen MR) is 15.9 cm³/mol. The van der Waals surface area contributed by atoms with Crippen molar-refractivity contribution in [1.82, 2.24) is 0 Å². The SMILES string of the molecule is O=C(O)C(O)F.[H-].[Li+]. The van der Waals surface area contributed by atoms with Crippen molar-refractivity contribution in [2.45, 2.75) is 6.36 Å². The maximum absolute atomic E-state index is 10.8. The fourth-order valence-corrected chi connectivity index (χ4v) is 0. The number of halogens is 1. The van der Waals surface area contributed by atoms with Crippen molar-refractivity contribution in [2.24, 2.45) is 0 Å². The Morgan fingerprint density at radius 2 is 2.00 bits per heavy atom. The van der Waals surface area contributed by atoms with E-state index >= 15 is 0 Å². The molecule has 0 aliphatic carbocycles. The molecule has 0 fully saturated rings. The van der Waals surface area contributed by atoms with E-state index in [0.29, 0.717) is 0 Å². The molecule has 0 heterocycles. The first-order valence-corrected chi connectivity index (χ1v) is 1.19. The topological polar surface area (TPSA) is 57.5 Å². The molecule has 0 radical (unpaired) electrons. The molecule has 0 spiro atoms. The standard InChI is InChI=1S/C2H3FO3.Li.H/c3-1(4)2(5)6;;/h1,4H,(H,5,6);;/q;+1;-1. The molecular formula is C2H4FLiO3. The Morgan fingerprint density at radius 3 is 2.00 bits per heavy atom. The van der Waals surface area contributed by atoms with Crippen molar-refractivity contribution >= 4 is 5.97 Å². The number of alkyl halides is 1. The molecule has 0 aliphatic rings. The molecule has 0 aromatic heterocycles. The van der Waals surface area contributed by atoms with E-state index in [1.807, 2.05) is 0 Å². The molecule has 2 N–H and O–H groups in total. The van der Waals surface area contributed by atoms with Crippen LogP contribution < -0.4 is 18.9 Å². The summed E-state index contributed by atoms with van der Waals surface area (Å²) in [6.07, 6.45) is -2.73. The molecule has 1 unspecified atom stereocenters. The van der Waals surface area contributed by atoms with E-state index in [-0.39, 0.29) is 20.3 Å². The van der Waals surface area contributed by atoms with Crippen LogP contribution in [0.5, 0.6) is 0 Å². The minimum Gasteiger partial charge on any atom is -1.00 e. The van der Waals surface area contributed by atoms with Crippen LogP contribution in [0.3, 0.4) is 0 Å². The second kappa shape index (κ2) is 4.13. The smallest absolute Gasteiger partial charge is 1.00 e. The first kappa shape index (κ1) is 10.0.